The van der Waals surface area contributed by atoms with E-state index in [9.17, 15) is 0 Å². The van der Waals surface area contributed by atoms with Crippen LogP contribution in [0.15, 0.2) is 18.2 Å². The topological polar surface area (TPSA) is 30.5 Å². The third-order valence-corrected chi connectivity index (χ3v) is 3.48. The molecule has 0 atom stereocenters. The second kappa shape index (κ2) is 10.6. The first-order valence-electron chi connectivity index (χ1n) is 8.17. The summed E-state index contributed by atoms with van der Waals surface area (Å²) in [4.78, 5) is 0. The average Bonchev–Trinajstić information content (AvgIpc) is 2.45. The first kappa shape index (κ1) is 18.0. The number of nitrogens with one attached hydrogen (secondary N) is 1. The number of aryl methyl sites for hydroxylation is 1. The molecule has 1 aromatic rings. The molecule has 1 aromatic carbocycles. The summed E-state index contributed by atoms with van der Waals surface area (Å²) in [5.41, 5.74) is 2.70. The van der Waals surface area contributed by atoms with Gasteiger partial charge in [0.2, 0.25) is 0 Å². The van der Waals surface area contributed by atoms with Crippen molar-refractivity contribution in [1.82, 2.24) is 5.32 Å². The van der Waals surface area contributed by atoms with Crippen molar-refractivity contribution in [3.05, 3.63) is 29.3 Å². The summed E-state index contributed by atoms with van der Waals surface area (Å²) in [6, 6.07) is 6.36. The van der Waals surface area contributed by atoms with Gasteiger partial charge >= 0.3 is 0 Å². The van der Waals surface area contributed by atoms with Gasteiger partial charge in [0.25, 0.3) is 0 Å². The molecule has 0 aliphatic rings. The molecule has 0 fully saturated rings. The van der Waals surface area contributed by atoms with Crippen molar-refractivity contribution < 1.29 is 9.47 Å². The molecular weight excluding hydrogens is 262 g/mol. The smallest absolute Gasteiger partial charge is 0.119 e. The van der Waals surface area contributed by atoms with Gasteiger partial charge in [-0.3, -0.25) is 0 Å². The minimum atomic E-state index is 0.563. The summed E-state index contributed by atoms with van der Waals surface area (Å²) in [6.07, 6.45) is 2.34. The van der Waals surface area contributed by atoms with Crippen LogP contribution >= 0.6 is 0 Å². The van der Waals surface area contributed by atoms with E-state index in [1.807, 2.05) is 0 Å². The van der Waals surface area contributed by atoms with Gasteiger partial charge in [0, 0.05) is 19.7 Å². The van der Waals surface area contributed by atoms with Crippen molar-refractivity contribution in [2.75, 3.05) is 32.9 Å². The van der Waals surface area contributed by atoms with Gasteiger partial charge in [-0.1, -0.05) is 33.3 Å². The number of hydrogen-bond acceptors (Lipinski definition) is 3. The molecule has 3 nitrogen and oxygen atoms in total. The van der Waals surface area contributed by atoms with Crippen molar-refractivity contribution in [3.8, 4) is 5.75 Å². The number of rotatable bonds is 11. The van der Waals surface area contributed by atoms with Gasteiger partial charge in [0.05, 0.1) is 6.61 Å². The van der Waals surface area contributed by atoms with Gasteiger partial charge in [0.1, 0.15) is 12.4 Å². The van der Waals surface area contributed by atoms with E-state index in [1.165, 1.54) is 17.5 Å². The van der Waals surface area contributed by atoms with Crippen molar-refractivity contribution in [3.63, 3.8) is 0 Å². The Labute approximate surface area is 130 Å². The van der Waals surface area contributed by atoms with E-state index in [1.54, 1.807) is 0 Å². The number of hydrogen-bond donors (Lipinski definition) is 1. The van der Waals surface area contributed by atoms with Crippen LogP contribution in [0.2, 0.25) is 0 Å². The Morgan fingerprint density at radius 3 is 2.52 bits per heavy atom. The number of ether oxygens (including phenoxy) is 2. The van der Waals surface area contributed by atoms with Crippen LogP contribution < -0.4 is 10.1 Å². The fraction of sp³-hybridized carbons (Fsp3) is 0.667. The van der Waals surface area contributed by atoms with E-state index in [0.717, 1.165) is 38.5 Å². The summed E-state index contributed by atoms with van der Waals surface area (Å²) < 4.78 is 11.3. The van der Waals surface area contributed by atoms with E-state index in [0.29, 0.717) is 12.5 Å². The average molecular weight is 293 g/mol. The summed E-state index contributed by atoms with van der Waals surface area (Å²) >= 11 is 0. The van der Waals surface area contributed by atoms with Gasteiger partial charge in [-0.05, 0) is 42.5 Å². The first-order chi connectivity index (χ1) is 10.1. The standard InChI is InChI=1S/C18H31NO2/c1-5-6-11-20-12-9-19-10-13-21-17-7-8-18(15(2)3)16(4)14-17/h7-8,14-15,19H,5-6,9-13H2,1-4H3. The van der Waals surface area contributed by atoms with Crippen LogP contribution in [0.25, 0.3) is 0 Å². The number of unbranched alkanes of at least 4 members (excludes halogenated alkanes) is 1. The van der Waals surface area contributed by atoms with Crippen molar-refractivity contribution in [2.45, 2.75) is 46.5 Å². The quantitative estimate of drug-likeness (QED) is 0.628. The molecule has 21 heavy (non-hydrogen) atoms. The molecule has 120 valence electrons. The zero-order chi connectivity index (χ0) is 15.5. The fourth-order valence-corrected chi connectivity index (χ4v) is 2.24. The molecule has 0 saturated heterocycles. The Morgan fingerprint density at radius 1 is 1.10 bits per heavy atom. The molecule has 0 radical (unpaired) electrons. The lowest BCUT2D eigenvalue weighted by Crippen LogP contribution is -2.25. The third-order valence-electron chi connectivity index (χ3n) is 3.48. The highest BCUT2D eigenvalue weighted by molar-refractivity contribution is 5.36. The summed E-state index contributed by atoms with van der Waals surface area (Å²) in [6.45, 7) is 12.8. The van der Waals surface area contributed by atoms with Crippen LogP contribution in [0.4, 0.5) is 0 Å². The lowest BCUT2D eigenvalue weighted by atomic mass is 9.98. The van der Waals surface area contributed by atoms with Crippen LogP contribution in [0.5, 0.6) is 5.75 Å². The van der Waals surface area contributed by atoms with Gasteiger partial charge in [-0.25, -0.2) is 0 Å². The molecule has 1 N–H and O–H groups in total. The molecule has 0 bridgehead atoms. The van der Waals surface area contributed by atoms with E-state index < -0.39 is 0 Å². The van der Waals surface area contributed by atoms with Crippen molar-refractivity contribution in [1.29, 1.82) is 0 Å². The minimum Gasteiger partial charge on any atom is -0.492 e. The SMILES string of the molecule is CCCCOCCNCCOc1ccc(C(C)C)c(C)c1. The van der Waals surface area contributed by atoms with Gasteiger partial charge in [-0.2, -0.15) is 0 Å². The van der Waals surface area contributed by atoms with Crippen LogP contribution in [0, 0.1) is 6.92 Å². The van der Waals surface area contributed by atoms with Crippen LogP contribution in [-0.2, 0) is 4.74 Å². The Hall–Kier alpha value is -1.06. The monoisotopic (exact) mass is 293 g/mol. The molecule has 0 heterocycles. The highest BCUT2D eigenvalue weighted by Gasteiger charge is 2.04. The Morgan fingerprint density at radius 2 is 1.86 bits per heavy atom. The van der Waals surface area contributed by atoms with Crippen LogP contribution in [-0.4, -0.2) is 32.9 Å². The fourth-order valence-electron chi connectivity index (χ4n) is 2.24. The van der Waals surface area contributed by atoms with Crippen LogP contribution in [0.3, 0.4) is 0 Å². The second-order valence-electron chi connectivity index (χ2n) is 5.74. The maximum absolute atomic E-state index is 5.76. The minimum absolute atomic E-state index is 0.563. The lowest BCUT2D eigenvalue weighted by Gasteiger charge is -2.12. The molecule has 0 saturated carbocycles. The second-order valence-corrected chi connectivity index (χ2v) is 5.74. The predicted octanol–water partition coefficient (Wildman–Crippen LogP) is 3.90. The lowest BCUT2D eigenvalue weighted by molar-refractivity contribution is 0.132. The molecule has 0 unspecified atom stereocenters. The molecule has 0 amide bonds. The molecule has 0 aliphatic heterocycles. The molecule has 3 heteroatoms. The summed E-state index contributed by atoms with van der Waals surface area (Å²) in [5, 5.41) is 3.33. The van der Waals surface area contributed by atoms with E-state index >= 15 is 0 Å². The predicted molar refractivity (Wildman–Crippen MR) is 89.4 cm³/mol. The normalized spacial score (nSPS) is 11.1. The molecule has 0 aliphatic carbocycles. The Bertz CT molecular complexity index is 391. The molecular formula is C18H31NO2. The van der Waals surface area contributed by atoms with Crippen LogP contribution in [0.1, 0.15) is 50.7 Å². The zero-order valence-electron chi connectivity index (χ0n) is 14.1. The maximum atomic E-state index is 5.76. The molecule has 0 aromatic heterocycles. The Balaban J connectivity index is 2.11. The summed E-state index contributed by atoms with van der Waals surface area (Å²) in [5.74, 6) is 1.52. The molecule has 0 spiro atoms. The van der Waals surface area contributed by atoms with Crippen molar-refractivity contribution >= 4 is 0 Å². The largest absolute Gasteiger partial charge is 0.492 e. The van der Waals surface area contributed by atoms with Gasteiger partial charge in [0.15, 0.2) is 0 Å². The molecule has 1 rings (SSSR count). The highest BCUT2D eigenvalue weighted by atomic mass is 16.5. The highest BCUT2D eigenvalue weighted by Crippen LogP contribution is 2.23. The van der Waals surface area contributed by atoms with Crippen molar-refractivity contribution in [2.24, 2.45) is 0 Å². The van der Waals surface area contributed by atoms with E-state index in [4.69, 9.17) is 9.47 Å². The van der Waals surface area contributed by atoms with E-state index in [-0.39, 0.29) is 0 Å². The third kappa shape index (κ3) is 7.49. The maximum Gasteiger partial charge on any atom is 0.119 e. The van der Waals surface area contributed by atoms with Gasteiger partial charge in [-0.15, -0.1) is 0 Å². The zero-order valence-corrected chi connectivity index (χ0v) is 14.1. The Kier molecular flexibility index (Phi) is 9.11. The summed E-state index contributed by atoms with van der Waals surface area (Å²) in [7, 11) is 0. The first-order valence-corrected chi connectivity index (χ1v) is 8.17. The number of benzene rings is 1. The van der Waals surface area contributed by atoms with E-state index in [2.05, 4.69) is 51.2 Å². The van der Waals surface area contributed by atoms with Gasteiger partial charge < -0.3 is 14.8 Å².